The summed E-state index contributed by atoms with van der Waals surface area (Å²) in [6, 6.07) is 5.93. The Morgan fingerprint density at radius 2 is 2.17 bits per heavy atom. The second kappa shape index (κ2) is 8.34. The Hall–Kier alpha value is -2.71. The van der Waals surface area contributed by atoms with Crippen LogP contribution in [0.15, 0.2) is 17.5 Å². The fourth-order valence-corrected chi connectivity index (χ4v) is 5.16. The summed E-state index contributed by atoms with van der Waals surface area (Å²) in [7, 11) is 0. The van der Waals surface area contributed by atoms with Gasteiger partial charge < -0.3 is 21.5 Å². The Kier molecular flexibility index (Phi) is 5.64. The van der Waals surface area contributed by atoms with Crippen LogP contribution >= 0.6 is 22.7 Å². The summed E-state index contributed by atoms with van der Waals surface area (Å²) in [5.41, 5.74) is 13.7. The van der Waals surface area contributed by atoms with Crippen LogP contribution < -0.4 is 16.8 Å². The van der Waals surface area contributed by atoms with Gasteiger partial charge in [0.05, 0.1) is 18.9 Å². The number of nitrogens with one attached hydrogen (secondary N) is 1. The monoisotopic (exact) mass is 428 g/mol. The molecule has 0 spiro atoms. The van der Waals surface area contributed by atoms with Gasteiger partial charge in [-0.1, -0.05) is 6.07 Å². The summed E-state index contributed by atoms with van der Waals surface area (Å²) in [5, 5.41) is 15.1. The van der Waals surface area contributed by atoms with Gasteiger partial charge in [-0.15, -0.1) is 22.7 Å². The highest BCUT2D eigenvalue weighted by atomic mass is 32.1. The molecule has 4 rings (SSSR count). The molecular weight excluding hydrogens is 408 g/mol. The standard InChI is InChI=1S/C19H20N6O2S2/c20-10-11-13(12-2-1-9-28-12)14-15(21)16(29-19(14)24-17(11)22)18(26)23-3-4-25-5-7-27-8-6-25/h1-2,9H,3-8,21H2,(H2,22,24)(H,23,26). The van der Waals surface area contributed by atoms with E-state index in [0.717, 1.165) is 37.7 Å². The first-order chi connectivity index (χ1) is 14.1. The first-order valence-electron chi connectivity index (χ1n) is 9.14. The van der Waals surface area contributed by atoms with Gasteiger partial charge in [-0.2, -0.15) is 5.26 Å². The molecular formula is C19H20N6O2S2. The largest absolute Gasteiger partial charge is 0.397 e. The fourth-order valence-electron chi connectivity index (χ4n) is 3.35. The zero-order valence-electron chi connectivity index (χ0n) is 15.6. The third-order valence-corrected chi connectivity index (χ3v) is 6.79. The topological polar surface area (TPSA) is 130 Å². The van der Waals surface area contributed by atoms with Crippen molar-refractivity contribution < 1.29 is 9.53 Å². The van der Waals surface area contributed by atoms with Gasteiger partial charge >= 0.3 is 0 Å². The number of carbonyl (C=O) groups is 1. The lowest BCUT2D eigenvalue weighted by Crippen LogP contribution is -2.41. The second-order valence-corrected chi connectivity index (χ2v) is 8.52. The van der Waals surface area contributed by atoms with E-state index < -0.39 is 0 Å². The van der Waals surface area contributed by atoms with Crippen molar-refractivity contribution in [3.05, 3.63) is 28.0 Å². The molecule has 1 aliphatic heterocycles. The molecule has 3 aromatic heterocycles. The maximum Gasteiger partial charge on any atom is 0.263 e. The van der Waals surface area contributed by atoms with Crippen LogP contribution in [0.5, 0.6) is 0 Å². The normalized spacial score (nSPS) is 14.7. The van der Waals surface area contributed by atoms with Crippen molar-refractivity contribution in [3.8, 4) is 16.5 Å². The van der Waals surface area contributed by atoms with Crippen molar-refractivity contribution in [2.75, 3.05) is 50.9 Å². The molecule has 1 saturated heterocycles. The average Bonchev–Trinajstić information content (AvgIpc) is 3.36. The lowest BCUT2D eigenvalue weighted by molar-refractivity contribution is 0.0383. The highest BCUT2D eigenvalue weighted by molar-refractivity contribution is 7.21. The number of nitrogens with zero attached hydrogens (tertiary/aromatic N) is 3. The van der Waals surface area contributed by atoms with Crippen molar-refractivity contribution in [1.29, 1.82) is 5.26 Å². The minimum absolute atomic E-state index is 0.143. The van der Waals surface area contributed by atoms with E-state index >= 15 is 0 Å². The summed E-state index contributed by atoms with van der Waals surface area (Å²) in [5.74, 6) is -0.100. The summed E-state index contributed by atoms with van der Waals surface area (Å²) in [4.78, 5) is 21.2. The summed E-state index contributed by atoms with van der Waals surface area (Å²) < 4.78 is 5.33. The zero-order chi connectivity index (χ0) is 20.4. The van der Waals surface area contributed by atoms with Gasteiger partial charge in [-0.25, -0.2) is 4.98 Å². The number of morpholine rings is 1. The van der Waals surface area contributed by atoms with Crippen LogP contribution in [0.4, 0.5) is 11.5 Å². The number of hydrogen-bond donors (Lipinski definition) is 3. The van der Waals surface area contributed by atoms with Crippen molar-refractivity contribution >= 4 is 50.3 Å². The number of thiophene rings is 2. The molecule has 5 N–H and O–H groups in total. The number of anilines is 2. The van der Waals surface area contributed by atoms with Gasteiger partial charge in [0.25, 0.3) is 5.91 Å². The smallest absolute Gasteiger partial charge is 0.263 e. The Bertz CT molecular complexity index is 1080. The third-order valence-electron chi connectivity index (χ3n) is 4.81. The van der Waals surface area contributed by atoms with Crippen LogP contribution in [-0.4, -0.2) is 55.2 Å². The highest BCUT2D eigenvalue weighted by Gasteiger charge is 2.24. The van der Waals surface area contributed by atoms with Crippen LogP contribution in [0, 0.1) is 11.3 Å². The molecule has 10 heteroatoms. The van der Waals surface area contributed by atoms with Gasteiger partial charge in [-0.3, -0.25) is 9.69 Å². The first-order valence-corrected chi connectivity index (χ1v) is 10.8. The van der Waals surface area contributed by atoms with E-state index in [9.17, 15) is 10.1 Å². The Morgan fingerprint density at radius 1 is 1.38 bits per heavy atom. The van der Waals surface area contributed by atoms with Crippen molar-refractivity contribution in [2.45, 2.75) is 0 Å². The molecule has 0 aliphatic carbocycles. The molecule has 0 unspecified atom stereocenters. The van der Waals surface area contributed by atoms with Crippen LogP contribution in [0.2, 0.25) is 0 Å². The summed E-state index contributed by atoms with van der Waals surface area (Å²) in [6.45, 7) is 4.44. The molecule has 150 valence electrons. The van der Waals surface area contributed by atoms with E-state index in [1.54, 1.807) is 0 Å². The quantitative estimate of drug-likeness (QED) is 0.567. The molecule has 0 bridgehead atoms. The predicted molar refractivity (Wildman–Crippen MR) is 116 cm³/mol. The summed E-state index contributed by atoms with van der Waals surface area (Å²) in [6.07, 6.45) is 0. The molecule has 0 radical (unpaired) electrons. The van der Waals surface area contributed by atoms with Crippen molar-refractivity contribution in [1.82, 2.24) is 15.2 Å². The summed E-state index contributed by atoms with van der Waals surface area (Å²) >= 11 is 2.68. The van der Waals surface area contributed by atoms with Gasteiger partial charge in [0, 0.05) is 42.0 Å². The zero-order valence-corrected chi connectivity index (χ0v) is 17.2. The number of amides is 1. The number of nitriles is 1. The van der Waals surface area contributed by atoms with E-state index in [2.05, 4.69) is 21.3 Å². The van der Waals surface area contributed by atoms with E-state index in [1.807, 2.05) is 17.5 Å². The molecule has 29 heavy (non-hydrogen) atoms. The van der Waals surface area contributed by atoms with Gasteiger partial charge in [0.2, 0.25) is 0 Å². The van der Waals surface area contributed by atoms with E-state index in [-0.39, 0.29) is 17.3 Å². The molecule has 1 fully saturated rings. The van der Waals surface area contributed by atoms with E-state index in [0.29, 0.717) is 32.9 Å². The fraction of sp³-hybridized carbons (Fsp3) is 0.316. The minimum atomic E-state index is -0.243. The molecule has 4 heterocycles. The number of ether oxygens (including phenoxy) is 1. The number of nitrogen functional groups attached to an aromatic ring is 2. The molecule has 1 amide bonds. The lowest BCUT2D eigenvalue weighted by Gasteiger charge is -2.26. The molecule has 1 aliphatic rings. The molecule has 8 nitrogen and oxygen atoms in total. The Labute approximate surface area is 175 Å². The van der Waals surface area contributed by atoms with Crippen LogP contribution in [0.1, 0.15) is 15.2 Å². The van der Waals surface area contributed by atoms with E-state index in [1.165, 1.54) is 22.7 Å². The maximum absolute atomic E-state index is 12.8. The van der Waals surface area contributed by atoms with Crippen molar-refractivity contribution in [2.24, 2.45) is 0 Å². The number of pyridine rings is 1. The second-order valence-electron chi connectivity index (χ2n) is 6.57. The van der Waals surface area contributed by atoms with Gasteiger partial charge in [-0.05, 0) is 11.4 Å². The van der Waals surface area contributed by atoms with Crippen LogP contribution in [0.3, 0.4) is 0 Å². The predicted octanol–water partition coefficient (Wildman–Crippen LogP) is 2.12. The number of hydrogen-bond acceptors (Lipinski definition) is 9. The Morgan fingerprint density at radius 3 is 2.86 bits per heavy atom. The first kappa shape index (κ1) is 19.6. The minimum Gasteiger partial charge on any atom is -0.397 e. The Balaban J connectivity index is 1.64. The number of fused-ring (bicyclic) bond motifs is 1. The molecule has 3 aromatic rings. The van der Waals surface area contributed by atoms with Crippen molar-refractivity contribution in [3.63, 3.8) is 0 Å². The lowest BCUT2D eigenvalue weighted by atomic mass is 10.0. The third kappa shape index (κ3) is 3.77. The van der Waals surface area contributed by atoms with E-state index in [4.69, 9.17) is 16.2 Å². The SMILES string of the molecule is N#Cc1c(N)nc2sc(C(=O)NCCN3CCOCC3)c(N)c2c1-c1cccs1. The highest BCUT2D eigenvalue weighted by Crippen LogP contribution is 2.43. The van der Waals surface area contributed by atoms with Gasteiger partial charge in [0.15, 0.2) is 0 Å². The number of aromatic nitrogens is 1. The average molecular weight is 429 g/mol. The van der Waals surface area contributed by atoms with Crippen LogP contribution in [-0.2, 0) is 4.74 Å². The number of nitrogens with two attached hydrogens (primary N) is 2. The van der Waals surface area contributed by atoms with Gasteiger partial charge in [0.1, 0.15) is 27.2 Å². The maximum atomic E-state index is 12.8. The molecule has 0 aromatic carbocycles. The molecule has 0 atom stereocenters. The number of carbonyl (C=O) groups excluding carboxylic acids is 1. The number of rotatable bonds is 5. The molecule has 0 saturated carbocycles. The van der Waals surface area contributed by atoms with Crippen LogP contribution in [0.25, 0.3) is 20.7 Å².